The van der Waals surface area contributed by atoms with Crippen molar-refractivity contribution in [3.8, 4) is 0 Å². The molecule has 4 nitrogen and oxygen atoms in total. The van der Waals surface area contributed by atoms with Crippen LogP contribution in [0.4, 0.5) is 11.4 Å². The maximum atomic E-state index is 11.7. The summed E-state index contributed by atoms with van der Waals surface area (Å²) in [5.41, 5.74) is 1.08. The number of unbranched alkanes of at least 4 members (excludes halogenated alkanes) is 1. The number of carbonyl (C=O) groups excluding carboxylic acids is 2. The fraction of sp³-hybridized carbons (Fsp3) is 0.385. The van der Waals surface area contributed by atoms with E-state index in [1.165, 1.54) is 6.92 Å². The highest BCUT2D eigenvalue weighted by molar-refractivity contribution is 6.31. The SMILES string of the molecule is CCCCC(=O)Nc1cc(Cl)ccc1NC(C)=O. The van der Waals surface area contributed by atoms with E-state index >= 15 is 0 Å². The molecule has 0 saturated carbocycles. The van der Waals surface area contributed by atoms with Gasteiger partial charge in [-0.1, -0.05) is 24.9 Å². The van der Waals surface area contributed by atoms with Gasteiger partial charge >= 0.3 is 0 Å². The number of carbonyl (C=O) groups is 2. The Balaban J connectivity index is 2.81. The van der Waals surface area contributed by atoms with Gasteiger partial charge in [0.25, 0.3) is 0 Å². The summed E-state index contributed by atoms with van der Waals surface area (Å²) in [6, 6.07) is 4.95. The van der Waals surface area contributed by atoms with E-state index < -0.39 is 0 Å². The third-order valence-electron chi connectivity index (χ3n) is 2.32. The summed E-state index contributed by atoms with van der Waals surface area (Å²) < 4.78 is 0. The second-order valence-corrected chi connectivity index (χ2v) is 4.46. The van der Waals surface area contributed by atoms with Crippen molar-refractivity contribution in [3.05, 3.63) is 23.2 Å². The van der Waals surface area contributed by atoms with E-state index in [9.17, 15) is 9.59 Å². The van der Waals surface area contributed by atoms with Gasteiger partial charge in [-0.2, -0.15) is 0 Å². The third-order valence-corrected chi connectivity index (χ3v) is 2.56. The number of halogens is 1. The van der Waals surface area contributed by atoms with Gasteiger partial charge < -0.3 is 10.6 Å². The van der Waals surface area contributed by atoms with Crippen LogP contribution in [0.25, 0.3) is 0 Å². The summed E-state index contributed by atoms with van der Waals surface area (Å²) in [6.07, 6.45) is 2.26. The number of rotatable bonds is 5. The zero-order valence-corrected chi connectivity index (χ0v) is 11.3. The van der Waals surface area contributed by atoms with Crippen molar-refractivity contribution >= 4 is 34.8 Å². The van der Waals surface area contributed by atoms with E-state index in [-0.39, 0.29) is 11.8 Å². The minimum Gasteiger partial charge on any atom is -0.325 e. The summed E-state index contributed by atoms with van der Waals surface area (Å²) >= 11 is 5.88. The number of benzene rings is 1. The number of hydrogen-bond acceptors (Lipinski definition) is 2. The first-order valence-electron chi connectivity index (χ1n) is 5.90. The van der Waals surface area contributed by atoms with E-state index in [0.717, 1.165) is 12.8 Å². The van der Waals surface area contributed by atoms with E-state index in [2.05, 4.69) is 10.6 Å². The minimum atomic E-state index is -0.193. The molecule has 0 aromatic heterocycles. The van der Waals surface area contributed by atoms with Crippen LogP contribution in [0.3, 0.4) is 0 Å². The largest absolute Gasteiger partial charge is 0.325 e. The van der Waals surface area contributed by atoms with Crippen molar-refractivity contribution in [2.45, 2.75) is 33.1 Å². The molecule has 1 aromatic carbocycles. The molecule has 0 bridgehead atoms. The molecule has 0 radical (unpaired) electrons. The molecule has 1 rings (SSSR count). The second kappa shape index (κ2) is 7.01. The lowest BCUT2D eigenvalue weighted by molar-refractivity contribution is -0.116. The number of hydrogen-bond donors (Lipinski definition) is 2. The number of anilines is 2. The Bertz CT molecular complexity index is 447. The maximum Gasteiger partial charge on any atom is 0.224 e. The Morgan fingerprint density at radius 1 is 1.22 bits per heavy atom. The topological polar surface area (TPSA) is 58.2 Å². The van der Waals surface area contributed by atoms with Crippen molar-refractivity contribution in [1.29, 1.82) is 0 Å². The molecule has 5 heteroatoms. The van der Waals surface area contributed by atoms with Gasteiger partial charge in [-0.05, 0) is 24.6 Å². The standard InChI is InChI=1S/C13H17ClN2O2/c1-3-4-5-13(18)16-12-8-10(14)6-7-11(12)15-9(2)17/h6-8H,3-5H2,1-2H3,(H,15,17)(H,16,18). The molecular formula is C13H17ClN2O2. The predicted molar refractivity (Wildman–Crippen MR) is 73.9 cm³/mol. The Hall–Kier alpha value is -1.55. The highest BCUT2D eigenvalue weighted by atomic mass is 35.5. The number of nitrogens with one attached hydrogen (secondary N) is 2. The smallest absolute Gasteiger partial charge is 0.224 e. The molecule has 0 saturated heterocycles. The van der Waals surface area contributed by atoms with E-state index in [0.29, 0.717) is 22.8 Å². The Kier molecular flexibility index (Phi) is 5.65. The highest BCUT2D eigenvalue weighted by Crippen LogP contribution is 2.26. The molecule has 0 aliphatic carbocycles. The van der Waals surface area contributed by atoms with Crippen LogP contribution >= 0.6 is 11.6 Å². The lowest BCUT2D eigenvalue weighted by Gasteiger charge is -2.11. The van der Waals surface area contributed by atoms with Crippen LogP contribution in [0.2, 0.25) is 5.02 Å². The van der Waals surface area contributed by atoms with Gasteiger partial charge in [-0.25, -0.2) is 0 Å². The highest BCUT2D eigenvalue weighted by Gasteiger charge is 2.08. The van der Waals surface area contributed by atoms with Crippen LogP contribution < -0.4 is 10.6 Å². The summed E-state index contributed by atoms with van der Waals surface area (Å²) in [4.78, 5) is 22.7. The quantitative estimate of drug-likeness (QED) is 0.860. The molecule has 0 aliphatic heterocycles. The summed E-state index contributed by atoms with van der Waals surface area (Å²) in [5.74, 6) is -0.271. The fourth-order valence-corrected chi connectivity index (χ4v) is 1.64. The average molecular weight is 269 g/mol. The van der Waals surface area contributed by atoms with Crippen LogP contribution in [0.5, 0.6) is 0 Å². The molecule has 0 atom stereocenters. The Morgan fingerprint density at radius 3 is 2.56 bits per heavy atom. The lowest BCUT2D eigenvalue weighted by atomic mass is 10.2. The van der Waals surface area contributed by atoms with Crippen molar-refractivity contribution in [1.82, 2.24) is 0 Å². The molecule has 0 spiro atoms. The lowest BCUT2D eigenvalue weighted by Crippen LogP contribution is -2.14. The number of amides is 2. The van der Waals surface area contributed by atoms with Gasteiger partial charge in [0, 0.05) is 18.4 Å². The monoisotopic (exact) mass is 268 g/mol. The molecule has 1 aromatic rings. The molecule has 2 amide bonds. The zero-order valence-electron chi connectivity index (χ0n) is 10.5. The van der Waals surface area contributed by atoms with Crippen LogP contribution in [0.1, 0.15) is 33.1 Å². The van der Waals surface area contributed by atoms with Crippen molar-refractivity contribution < 1.29 is 9.59 Å². The van der Waals surface area contributed by atoms with E-state index in [1.54, 1.807) is 18.2 Å². The van der Waals surface area contributed by atoms with Gasteiger partial charge in [0.05, 0.1) is 11.4 Å². The van der Waals surface area contributed by atoms with Crippen molar-refractivity contribution in [2.75, 3.05) is 10.6 Å². The van der Waals surface area contributed by atoms with Crippen molar-refractivity contribution in [3.63, 3.8) is 0 Å². The molecular weight excluding hydrogens is 252 g/mol. The first-order valence-corrected chi connectivity index (χ1v) is 6.27. The molecule has 0 fully saturated rings. The molecule has 0 heterocycles. The van der Waals surface area contributed by atoms with E-state index in [1.807, 2.05) is 6.92 Å². The van der Waals surface area contributed by atoms with Gasteiger partial charge in [0.1, 0.15) is 0 Å². The fourth-order valence-electron chi connectivity index (χ4n) is 1.47. The van der Waals surface area contributed by atoms with Crippen LogP contribution in [0.15, 0.2) is 18.2 Å². The summed E-state index contributed by atoms with van der Waals surface area (Å²) in [5, 5.41) is 5.91. The van der Waals surface area contributed by atoms with Gasteiger partial charge in [-0.15, -0.1) is 0 Å². The van der Waals surface area contributed by atoms with Gasteiger partial charge in [0.15, 0.2) is 0 Å². The Labute approximate surface area is 112 Å². The maximum absolute atomic E-state index is 11.7. The molecule has 98 valence electrons. The Morgan fingerprint density at radius 2 is 1.94 bits per heavy atom. The first kappa shape index (κ1) is 14.5. The van der Waals surface area contributed by atoms with E-state index in [4.69, 9.17) is 11.6 Å². The van der Waals surface area contributed by atoms with Crippen LogP contribution in [-0.4, -0.2) is 11.8 Å². The molecule has 2 N–H and O–H groups in total. The third kappa shape index (κ3) is 4.75. The van der Waals surface area contributed by atoms with Gasteiger partial charge in [0.2, 0.25) is 11.8 Å². The molecule has 0 aliphatic rings. The minimum absolute atomic E-state index is 0.0780. The average Bonchev–Trinajstić information content (AvgIpc) is 2.29. The van der Waals surface area contributed by atoms with Gasteiger partial charge in [-0.3, -0.25) is 9.59 Å². The second-order valence-electron chi connectivity index (χ2n) is 4.02. The summed E-state index contributed by atoms with van der Waals surface area (Å²) in [7, 11) is 0. The normalized spacial score (nSPS) is 9.94. The molecule has 0 unspecified atom stereocenters. The van der Waals surface area contributed by atoms with Crippen LogP contribution in [-0.2, 0) is 9.59 Å². The van der Waals surface area contributed by atoms with Crippen LogP contribution in [0, 0.1) is 0 Å². The predicted octanol–water partition coefficient (Wildman–Crippen LogP) is 3.43. The van der Waals surface area contributed by atoms with Crippen molar-refractivity contribution in [2.24, 2.45) is 0 Å². The first-order chi connectivity index (χ1) is 8.52. The summed E-state index contributed by atoms with van der Waals surface area (Å²) in [6.45, 7) is 3.44. The zero-order chi connectivity index (χ0) is 13.5. The molecule has 18 heavy (non-hydrogen) atoms.